The minimum Gasteiger partial charge on any atom is -0.481 e. The van der Waals surface area contributed by atoms with E-state index in [1.807, 2.05) is 7.05 Å². The second-order valence-electron chi connectivity index (χ2n) is 5.52. The predicted octanol–water partition coefficient (Wildman–Crippen LogP) is 2.87. The fourth-order valence-corrected chi connectivity index (χ4v) is 2.42. The van der Waals surface area contributed by atoms with Gasteiger partial charge in [-0.3, -0.25) is 4.79 Å². The highest BCUT2D eigenvalue weighted by Gasteiger charge is 2.11. The Morgan fingerprint density at radius 2 is 1.76 bits per heavy atom. The largest absolute Gasteiger partial charge is 0.481 e. The number of hydrogen-bond donors (Lipinski definition) is 1. The second kappa shape index (κ2) is 8.67. The first kappa shape index (κ1) is 17.5. The van der Waals surface area contributed by atoms with Gasteiger partial charge in [-0.1, -0.05) is 12.1 Å². The van der Waals surface area contributed by atoms with Gasteiger partial charge in [-0.15, -0.1) is 0 Å². The smallest absolute Gasteiger partial charge is 0.304 e. The standard InChI is InChI=1S/C17H28N2O2/c1-5-19(6-2)16-9-7-15(8-10-16)13-14(3)18(4)12-11-17(20)21/h7-10,14H,5-6,11-13H2,1-4H3,(H,20,21). The third-order valence-corrected chi connectivity index (χ3v) is 4.03. The summed E-state index contributed by atoms with van der Waals surface area (Å²) in [7, 11) is 1.98. The van der Waals surface area contributed by atoms with Crippen LogP contribution in [0, 0.1) is 0 Å². The van der Waals surface area contributed by atoms with E-state index in [1.165, 1.54) is 11.3 Å². The molecule has 4 heteroatoms. The number of carboxylic acids is 1. The SMILES string of the molecule is CCN(CC)c1ccc(CC(C)N(C)CCC(=O)O)cc1. The van der Waals surface area contributed by atoms with Crippen molar-refractivity contribution in [2.75, 3.05) is 31.6 Å². The number of benzene rings is 1. The van der Waals surface area contributed by atoms with Gasteiger partial charge in [-0.25, -0.2) is 0 Å². The quantitative estimate of drug-likeness (QED) is 0.760. The van der Waals surface area contributed by atoms with Gasteiger partial charge in [0.2, 0.25) is 0 Å². The molecule has 0 aliphatic carbocycles. The van der Waals surface area contributed by atoms with Crippen LogP contribution in [0.5, 0.6) is 0 Å². The molecule has 1 aromatic carbocycles. The lowest BCUT2D eigenvalue weighted by molar-refractivity contribution is -0.137. The molecule has 118 valence electrons. The second-order valence-corrected chi connectivity index (χ2v) is 5.52. The van der Waals surface area contributed by atoms with E-state index in [0.717, 1.165) is 19.5 Å². The Hall–Kier alpha value is -1.55. The van der Waals surface area contributed by atoms with Crippen LogP contribution in [0.15, 0.2) is 24.3 Å². The normalized spacial score (nSPS) is 12.4. The van der Waals surface area contributed by atoms with Crippen LogP contribution in [0.1, 0.15) is 32.8 Å². The molecule has 1 N–H and O–H groups in total. The molecule has 1 rings (SSSR count). The van der Waals surface area contributed by atoms with Crippen LogP contribution in [0.4, 0.5) is 5.69 Å². The minimum absolute atomic E-state index is 0.196. The van der Waals surface area contributed by atoms with E-state index >= 15 is 0 Å². The maximum absolute atomic E-state index is 10.6. The predicted molar refractivity (Wildman–Crippen MR) is 88.1 cm³/mol. The summed E-state index contributed by atoms with van der Waals surface area (Å²) < 4.78 is 0. The van der Waals surface area contributed by atoms with E-state index in [0.29, 0.717) is 12.6 Å². The number of rotatable bonds is 9. The average molecular weight is 292 g/mol. The Morgan fingerprint density at radius 1 is 1.19 bits per heavy atom. The average Bonchev–Trinajstić information content (AvgIpc) is 2.47. The molecule has 0 bridgehead atoms. The van der Waals surface area contributed by atoms with E-state index in [1.54, 1.807) is 0 Å². The first-order valence-electron chi connectivity index (χ1n) is 7.73. The topological polar surface area (TPSA) is 43.8 Å². The van der Waals surface area contributed by atoms with Gasteiger partial charge in [0.1, 0.15) is 0 Å². The zero-order valence-electron chi connectivity index (χ0n) is 13.7. The third-order valence-electron chi connectivity index (χ3n) is 4.03. The minimum atomic E-state index is -0.738. The Bertz CT molecular complexity index is 427. The molecule has 1 unspecified atom stereocenters. The first-order chi connectivity index (χ1) is 9.97. The van der Waals surface area contributed by atoms with Crippen LogP contribution in [0.2, 0.25) is 0 Å². The monoisotopic (exact) mass is 292 g/mol. The highest BCUT2D eigenvalue weighted by atomic mass is 16.4. The van der Waals surface area contributed by atoms with Crippen molar-refractivity contribution in [2.24, 2.45) is 0 Å². The van der Waals surface area contributed by atoms with Crippen LogP contribution >= 0.6 is 0 Å². The van der Waals surface area contributed by atoms with Crippen molar-refractivity contribution in [3.8, 4) is 0 Å². The molecule has 0 fully saturated rings. The molecule has 0 aliphatic heterocycles. The molecule has 0 heterocycles. The molecule has 1 atom stereocenters. The van der Waals surface area contributed by atoms with Crippen molar-refractivity contribution < 1.29 is 9.90 Å². The van der Waals surface area contributed by atoms with Gasteiger partial charge in [0.15, 0.2) is 0 Å². The van der Waals surface area contributed by atoms with Crippen LogP contribution in [0.3, 0.4) is 0 Å². The lowest BCUT2D eigenvalue weighted by atomic mass is 10.1. The van der Waals surface area contributed by atoms with E-state index in [9.17, 15) is 4.79 Å². The molecular formula is C17H28N2O2. The molecule has 0 aromatic heterocycles. The molecule has 0 radical (unpaired) electrons. The molecule has 1 aromatic rings. The molecule has 0 amide bonds. The molecular weight excluding hydrogens is 264 g/mol. The fourth-order valence-electron chi connectivity index (χ4n) is 2.42. The maximum Gasteiger partial charge on any atom is 0.304 e. The van der Waals surface area contributed by atoms with Gasteiger partial charge >= 0.3 is 5.97 Å². The van der Waals surface area contributed by atoms with E-state index in [2.05, 4.69) is 54.8 Å². The van der Waals surface area contributed by atoms with E-state index in [4.69, 9.17) is 5.11 Å². The van der Waals surface area contributed by atoms with E-state index in [-0.39, 0.29) is 6.42 Å². The van der Waals surface area contributed by atoms with Crippen LogP contribution in [-0.2, 0) is 11.2 Å². The molecule has 0 aliphatic rings. The zero-order chi connectivity index (χ0) is 15.8. The number of likely N-dealkylation sites (N-methyl/N-ethyl adjacent to an activating group) is 1. The number of aliphatic carboxylic acids is 1. The molecule has 21 heavy (non-hydrogen) atoms. The Morgan fingerprint density at radius 3 is 2.24 bits per heavy atom. The Kier molecular flexibility index (Phi) is 7.23. The van der Waals surface area contributed by atoms with Crippen LogP contribution in [-0.4, -0.2) is 48.7 Å². The summed E-state index contributed by atoms with van der Waals surface area (Å²) in [5.74, 6) is -0.738. The Balaban J connectivity index is 2.56. The molecule has 0 saturated heterocycles. The summed E-state index contributed by atoms with van der Waals surface area (Å²) in [6.45, 7) is 9.09. The van der Waals surface area contributed by atoms with Crippen molar-refractivity contribution >= 4 is 11.7 Å². The van der Waals surface area contributed by atoms with Gasteiger partial charge in [-0.2, -0.15) is 0 Å². The van der Waals surface area contributed by atoms with E-state index < -0.39 is 5.97 Å². The number of carboxylic acid groups (broad SMARTS) is 1. The maximum atomic E-state index is 10.6. The summed E-state index contributed by atoms with van der Waals surface area (Å²) in [6.07, 6.45) is 1.14. The number of anilines is 1. The van der Waals surface area contributed by atoms with Gasteiger partial charge in [0.25, 0.3) is 0 Å². The highest BCUT2D eigenvalue weighted by molar-refractivity contribution is 5.66. The third kappa shape index (κ3) is 5.76. The fraction of sp³-hybridized carbons (Fsp3) is 0.588. The van der Waals surface area contributed by atoms with Crippen molar-refractivity contribution in [1.29, 1.82) is 0 Å². The molecule has 4 nitrogen and oxygen atoms in total. The zero-order valence-corrected chi connectivity index (χ0v) is 13.7. The first-order valence-corrected chi connectivity index (χ1v) is 7.73. The number of nitrogens with zero attached hydrogens (tertiary/aromatic N) is 2. The lowest BCUT2D eigenvalue weighted by Gasteiger charge is -2.25. The highest BCUT2D eigenvalue weighted by Crippen LogP contribution is 2.16. The molecule has 0 spiro atoms. The van der Waals surface area contributed by atoms with Gasteiger partial charge in [0, 0.05) is 31.4 Å². The van der Waals surface area contributed by atoms with Crippen molar-refractivity contribution in [3.05, 3.63) is 29.8 Å². The summed E-state index contributed by atoms with van der Waals surface area (Å²) in [4.78, 5) is 15.0. The van der Waals surface area contributed by atoms with Crippen molar-refractivity contribution in [1.82, 2.24) is 4.90 Å². The number of carbonyl (C=O) groups is 1. The van der Waals surface area contributed by atoms with Gasteiger partial charge in [0.05, 0.1) is 6.42 Å². The number of hydrogen-bond acceptors (Lipinski definition) is 3. The van der Waals surface area contributed by atoms with Crippen LogP contribution in [0.25, 0.3) is 0 Å². The Labute approximate surface area is 128 Å². The lowest BCUT2D eigenvalue weighted by Crippen LogP contribution is -2.32. The van der Waals surface area contributed by atoms with Gasteiger partial charge < -0.3 is 14.9 Å². The van der Waals surface area contributed by atoms with Crippen molar-refractivity contribution in [2.45, 2.75) is 39.7 Å². The van der Waals surface area contributed by atoms with Crippen molar-refractivity contribution in [3.63, 3.8) is 0 Å². The summed E-state index contributed by atoms with van der Waals surface area (Å²) in [5, 5.41) is 8.73. The summed E-state index contributed by atoms with van der Waals surface area (Å²) >= 11 is 0. The summed E-state index contributed by atoms with van der Waals surface area (Å²) in [5.41, 5.74) is 2.55. The van der Waals surface area contributed by atoms with Crippen LogP contribution < -0.4 is 4.90 Å². The van der Waals surface area contributed by atoms with Gasteiger partial charge in [-0.05, 0) is 51.9 Å². The molecule has 0 saturated carbocycles. The summed E-state index contributed by atoms with van der Waals surface area (Å²) in [6, 6.07) is 9.03.